The molecule has 0 heterocycles. The van der Waals surface area contributed by atoms with Crippen LogP contribution in [0, 0.1) is 10.5 Å². The third-order valence-electron chi connectivity index (χ3n) is 2.21. The number of nitrogens with two attached hydrogens (primary N) is 1. The van der Waals surface area contributed by atoms with Crippen LogP contribution in [0.5, 0.6) is 0 Å². The predicted molar refractivity (Wildman–Crippen MR) is 76.2 cm³/mol. The van der Waals surface area contributed by atoms with Crippen LogP contribution in [0.15, 0.2) is 18.2 Å². The molecule has 0 saturated carbocycles. The lowest BCUT2D eigenvalue weighted by Gasteiger charge is -2.08. The topological polar surface area (TPSA) is 81.4 Å². The van der Waals surface area contributed by atoms with Gasteiger partial charge in [-0.1, -0.05) is 12.1 Å². The zero-order chi connectivity index (χ0) is 13.5. The van der Waals surface area contributed by atoms with Crippen molar-refractivity contribution in [3.05, 3.63) is 32.9 Å². The fourth-order valence-electron chi connectivity index (χ4n) is 1.33. The summed E-state index contributed by atoms with van der Waals surface area (Å²) >= 11 is 2.14. The molecule has 18 heavy (non-hydrogen) atoms. The number of aryl methyl sites for hydroxylation is 1. The van der Waals surface area contributed by atoms with Crippen molar-refractivity contribution < 1.29 is 14.3 Å². The van der Waals surface area contributed by atoms with E-state index in [0.29, 0.717) is 12.1 Å². The quantitative estimate of drug-likeness (QED) is 0.581. The van der Waals surface area contributed by atoms with Gasteiger partial charge in [-0.15, -0.1) is 0 Å². The summed E-state index contributed by atoms with van der Waals surface area (Å²) in [5, 5.41) is 2.72. The Balaban J connectivity index is 2.41. The van der Waals surface area contributed by atoms with Gasteiger partial charge in [-0.2, -0.15) is 0 Å². The van der Waals surface area contributed by atoms with E-state index < -0.39 is 5.91 Å². The molecule has 0 aliphatic heterocycles. The first-order valence-corrected chi connectivity index (χ1v) is 6.49. The number of rotatable bonds is 6. The van der Waals surface area contributed by atoms with Crippen LogP contribution in [-0.2, 0) is 9.53 Å². The van der Waals surface area contributed by atoms with Crippen molar-refractivity contribution in [2.24, 2.45) is 5.73 Å². The minimum absolute atomic E-state index is 0.127. The van der Waals surface area contributed by atoms with Gasteiger partial charge in [0.25, 0.3) is 5.91 Å². The minimum Gasteiger partial charge on any atom is -0.370 e. The number of carbonyl (C=O) groups excluding carboxylic acids is 2. The van der Waals surface area contributed by atoms with Crippen LogP contribution in [0.3, 0.4) is 0 Å². The summed E-state index contributed by atoms with van der Waals surface area (Å²) in [4.78, 5) is 22.3. The number of amides is 2. The number of hydrogen-bond acceptors (Lipinski definition) is 3. The lowest BCUT2D eigenvalue weighted by atomic mass is 10.1. The van der Waals surface area contributed by atoms with Crippen LogP contribution in [0.4, 0.5) is 0 Å². The zero-order valence-electron chi connectivity index (χ0n) is 10.0. The number of nitrogens with one attached hydrogen (secondary N) is 1. The second-order valence-corrected chi connectivity index (χ2v) is 4.79. The largest absolute Gasteiger partial charge is 0.370 e. The summed E-state index contributed by atoms with van der Waals surface area (Å²) < 4.78 is 5.88. The average molecular weight is 362 g/mol. The third-order valence-corrected chi connectivity index (χ3v) is 3.64. The van der Waals surface area contributed by atoms with Crippen molar-refractivity contribution in [3.63, 3.8) is 0 Å². The van der Waals surface area contributed by atoms with E-state index in [4.69, 9.17) is 10.5 Å². The third kappa shape index (κ3) is 4.61. The van der Waals surface area contributed by atoms with Gasteiger partial charge in [0, 0.05) is 10.1 Å². The maximum atomic E-state index is 11.9. The summed E-state index contributed by atoms with van der Waals surface area (Å²) in [5.41, 5.74) is 6.62. The minimum atomic E-state index is -0.519. The van der Waals surface area contributed by atoms with Crippen molar-refractivity contribution in [1.29, 1.82) is 0 Å². The molecule has 2 amide bonds. The number of benzene rings is 1. The molecule has 1 aromatic carbocycles. The molecule has 3 N–H and O–H groups in total. The van der Waals surface area contributed by atoms with E-state index in [1.165, 1.54) is 0 Å². The average Bonchev–Trinajstić information content (AvgIpc) is 2.31. The summed E-state index contributed by atoms with van der Waals surface area (Å²) in [6.45, 7) is 2.43. The zero-order valence-corrected chi connectivity index (χ0v) is 12.2. The molecule has 0 fully saturated rings. The Hall–Kier alpha value is -1.15. The number of hydrogen-bond donors (Lipinski definition) is 2. The molecule has 0 aliphatic rings. The van der Waals surface area contributed by atoms with Gasteiger partial charge in [0.2, 0.25) is 5.91 Å². The van der Waals surface area contributed by atoms with E-state index in [-0.39, 0.29) is 19.1 Å². The maximum absolute atomic E-state index is 11.9. The van der Waals surface area contributed by atoms with Crippen LogP contribution in [-0.4, -0.2) is 31.6 Å². The first-order valence-electron chi connectivity index (χ1n) is 5.41. The highest BCUT2D eigenvalue weighted by Crippen LogP contribution is 2.16. The van der Waals surface area contributed by atoms with Gasteiger partial charge in [0.1, 0.15) is 6.61 Å². The summed E-state index contributed by atoms with van der Waals surface area (Å²) in [6.07, 6.45) is 0. The maximum Gasteiger partial charge on any atom is 0.252 e. The SMILES string of the molecule is Cc1cccc(C(=O)NCCOCC(N)=O)c1I. The Kier molecular flexibility index (Phi) is 6.06. The number of halogens is 1. The molecule has 0 bridgehead atoms. The molecular formula is C12H15IN2O3. The van der Waals surface area contributed by atoms with Gasteiger partial charge < -0.3 is 15.8 Å². The fourth-order valence-corrected chi connectivity index (χ4v) is 1.93. The van der Waals surface area contributed by atoms with E-state index in [1.54, 1.807) is 6.07 Å². The standard InChI is InChI=1S/C12H15IN2O3/c1-8-3-2-4-9(11(8)13)12(17)15-5-6-18-7-10(14)16/h2-4H,5-7H2,1H3,(H2,14,16)(H,15,17). The van der Waals surface area contributed by atoms with Crippen LogP contribution >= 0.6 is 22.6 Å². The second kappa shape index (κ2) is 7.32. The Morgan fingerprint density at radius 2 is 2.17 bits per heavy atom. The molecule has 6 heteroatoms. The van der Waals surface area contributed by atoms with Gasteiger partial charge in [0.05, 0.1) is 12.2 Å². The van der Waals surface area contributed by atoms with E-state index in [2.05, 4.69) is 27.9 Å². The lowest BCUT2D eigenvalue weighted by Crippen LogP contribution is -2.29. The van der Waals surface area contributed by atoms with Gasteiger partial charge in [-0.25, -0.2) is 0 Å². The molecule has 0 radical (unpaired) electrons. The number of primary amides is 1. The van der Waals surface area contributed by atoms with Crippen LogP contribution < -0.4 is 11.1 Å². The Morgan fingerprint density at radius 3 is 2.83 bits per heavy atom. The Labute approximate surface area is 119 Å². The van der Waals surface area contributed by atoms with Crippen LogP contribution in [0.1, 0.15) is 15.9 Å². The van der Waals surface area contributed by atoms with Gasteiger partial charge in [0.15, 0.2) is 0 Å². The second-order valence-electron chi connectivity index (χ2n) is 3.71. The molecule has 0 spiro atoms. The summed E-state index contributed by atoms with van der Waals surface area (Å²) in [6, 6.07) is 5.57. The van der Waals surface area contributed by atoms with Crippen molar-refractivity contribution >= 4 is 34.4 Å². The summed E-state index contributed by atoms with van der Waals surface area (Å²) in [7, 11) is 0. The highest BCUT2D eigenvalue weighted by atomic mass is 127. The first-order chi connectivity index (χ1) is 8.52. The van der Waals surface area contributed by atoms with E-state index in [9.17, 15) is 9.59 Å². The monoisotopic (exact) mass is 362 g/mol. The van der Waals surface area contributed by atoms with Gasteiger partial charge >= 0.3 is 0 Å². The lowest BCUT2D eigenvalue weighted by molar-refractivity contribution is -0.122. The van der Waals surface area contributed by atoms with Crippen molar-refractivity contribution in [1.82, 2.24) is 5.32 Å². The van der Waals surface area contributed by atoms with Gasteiger partial charge in [-0.3, -0.25) is 9.59 Å². The van der Waals surface area contributed by atoms with Crippen molar-refractivity contribution in [3.8, 4) is 0 Å². The molecule has 0 saturated heterocycles. The fraction of sp³-hybridized carbons (Fsp3) is 0.333. The van der Waals surface area contributed by atoms with Crippen molar-refractivity contribution in [2.45, 2.75) is 6.92 Å². The molecule has 0 aliphatic carbocycles. The molecular weight excluding hydrogens is 347 g/mol. The van der Waals surface area contributed by atoms with Crippen LogP contribution in [0.2, 0.25) is 0 Å². The number of carbonyl (C=O) groups is 2. The van der Waals surface area contributed by atoms with Gasteiger partial charge in [-0.05, 0) is 41.1 Å². The Bertz CT molecular complexity index is 449. The smallest absolute Gasteiger partial charge is 0.252 e. The van der Waals surface area contributed by atoms with Crippen LogP contribution in [0.25, 0.3) is 0 Å². The molecule has 0 unspecified atom stereocenters. The van der Waals surface area contributed by atoms with E-state index >= 15 is 0 Å². The van der Waals surface area contributed by atoms with Crippen molar-refractivity contribution in [2.75, 3.05) is 19.8 Å². The molecule has 0 atom stereocenters. The highest BCUT2D eigenvalue weighted by Gasteiger charge is 2.10. The first kappa shape index (κ1) is 14.9. The summed E-state index contributed by atoms with van der Waals surface area (Å²) in [5.74, 6) is -0.666. The van der Waals surface area contributed by atoms with E-state index in [0.717, 1.165) is 9.13 Å². The number of ether oxygens (including phenoxy) is 1. The predicted octanol–water partition coefficient (Wildman–Crippen LogP) is 0.831. The molecule has 1 aromatic rings. The molecule has 0 aromatic heterocycles. The Morgan fingerprint density at radius 1 is 1.44 bits per heavy atom. The highest BCUT2D eigenvalue weighted by molar-refractivity contribution is 14.1. The van der Waals surface area contributed by atoms with E-state index in [1.807, 2.05) is 19.1 Å². The molecule has 1 rings (SSSR count). The molecule has 5 nitrogen and oxygen atoms in total. The normalized spacial score (nSPS) is 10.1. The molecule has 98 valence electrons.